The van der Waals surface area contributed by atoms with Crippen molar-refractivity contribution in [2.45, 2.75) is 0 Å². The van der Waals surface area contributed by atoms with Crippen molar-refractivity contribution in [2.24, 2.45) is 0 Å². The van der Waals surface area contributed by atoms with Gasteiger partial charge in [0, 0.05) is 17.2 Å². The van der Waals surface area contributed by atoms with Crippen LogP contribution in [0.5, 0.6) is 17.2 Å². The molecule has 0 aliphatic rings. The molecular formula is C24H19F2N3O4. The molecule has 4 rings (SSSR count). The van der Waals surface area contributed by atoms with Crippen molar-refractivity contribution in [1.82, 2.24) is 14.8 Å². The fraction of sp³-hybridized carbons (Fsp3) is 0.125. The summed E-state index contributed by atoms with van der Waals surface area (Å²) < 4.78 is 45.0. The number of nitrogens with zero attached hydrogens (tertiary/aromatic N) is 3. The van der Waals surface area contributed by atoms with Crippen LogP contribution in [0.4, 0.5) is 8.78 Å². The second kappa shape index (κ2) is 9.07. The van der Waals surface area contributed by atoms with Crippen LogP contribution >= 0.6 is 0 Å². The van der Waals surface area contributed by atoms with Gasteiger partial charge in [0.05, 0.1) is 27.0 Å². The summed E-state index contributed by atoms with van der Waals surface area (Å²) >= 11 is 0. The number of carbonyl (C=O) groups is 1. The van der Waals surface area contributed by atoms with Gasteiger partial charge in [0.15, 0.2) is 17.3 Å². The predicted octanol–water partition coefficient (Wildman–Crippen LogP) is 4.47. The summed E-state index contributed by atoms with van der Waals surface area (Å²) in [5.41, 5.74) is 1.78. The van der Waals surface area contributed by atoms with Crippen molar-refractivity contribution in [3.05, 3.63) is 83.9 Å². The normalized spacial score (nSPS) is 10.7. The van der Waals surface area contributed by atoms with E-state index in [1.807, 2.05) is 0 Å². The Hall–Kier alpha value is -4.27. The van der Waals surface area contributed by atoms with Crippen molar-refractivity contribution >= 4 is 5.78 Å². The third-order valence-electron chi connectivity index (χ3n) is 5.03. The highest BCUT2D eigenvalue weighted by Crippen LogP contribution is 2.39. The average Bonchev–Trinajstić information content (AvgIpc) is 3.36. The Labute approximate surface area is 188 Å². The number of ether oxygens (including phenoxy) is 3. The smallest absolute Gasteiger partial charge is 0.203 e. The van der Waals surface area contributed by atoms with Gasteiger partial charge in [-0.15, -0.1) is 0 Å². The molecule has 0 unspecified atom stereocenters. The maximum atomic E-state index is 13.8. The minimum absolute atomic E-state index is 0.287. The van der Waals surface area contributed by atoms with Gasteiger partial charge in [0.25, 0.3) is 0 Å². The van der Waals surface area contributed by atoms with Crippen molar-refractivity contribution < 1.29 is 27.8 Å². The lowest BCUT2D eigenvalue weighted by atomic mass is 9.96. The Kier molecular flexibility index (Phi) is 6.03. The van der Waals surface area contributed by atoms with Crippen LogP contribution in [0, 0.1) is 11.6 Å². The zero-order valence-electron chi connectivity index (χ0n) is 18.0. The Morgan fingerprint density at radius 3 is 2.06 bits per heavy atom. The number of benzene rings is 3. The molecule has 3 aromatic carbocycles. The molecule has 1 heterocycles. The summed E-state index contributed by atoms with van der Waals surface area (Å²) in [7, 11) is 4.39. The first-order chi connectivity index (χ1) is 15.9. The molecule has 0 spiro atoms. The molecule has 1 aromatic heterocycles. The molecule has 9 heteroatoms. The molecule has 33 heavy (non-hydrogen) atoms. The topological polar surface area (TPSA) is 75.5 Å². The standard InChI is InChI=1S/C24H19F2N3O4/c1-31-21-9-16(10-22(32-2)24(21)33-3)23(30)19-5-4-14(8-20(19)29-13-27-12-28-29)15-6-17(25)11-18(26)7-15/h4-13H,1-3H3. The largest absolute Gasteiger partial charge is 0.493 e. The summed E-state index contributed by atoms with van der Waals surface area (Å²) in [4.78, 5) is 17.5. The SMILES string of the molecule is COc1cc(C(=O)c2ccc(-c3cc(F)cc(F)c3)cc2-n2cncn2)cc(OC)c1OC. The Balaban J connectivity index is 1.86. The second-order valence-electron chi connectivity index (χ2n) is 6.97. The van der Waals surface area contributed by atoms with Crippen LogP contribution in [0.2, 0.25) is 0 Å². The van der Waals surface area contributed by atoms with Gasteiger partial charge in [-0.25, -0.2) is 18.4 Å². The van der Waals surface area contributed by atoms with E-state index in [0.717, 1.165) is 6.07 Å². The van der Waals surface area contributed by atoms with Gasteiger partial charge in [-0.1, -0.05) is 6.07 Å². The predicted molar refractivity (Wildman–Crippen MR) is 116 cm³/mol. The first kappa shape index (κ1) is 21.9. The Bertz CT molecular complexity index is 1280. The van der Waals surface area contributed by atoms with E-state index in [2.05, 4.69) is 10.1 Å². The van der Waals surface area contributed by atoms with E-state index in [-0.39, 0.29) is 16.9 Å². The highest BCUT2D eigenvalue weighted by atomic mass is 19.1. The van der Waals surface area contributed by atoms with E-state index < -0.39 is 11.6 Å². The molecule has 4 aromatic rings. The number of rotatable bonds is 7. The lowest BCUT2D eigenvalue weighted by molar-refractivity contribution is 0.103. The molecule has 0 radical (unpaired) electrons. The Morgan fingerprint density at radius 2 is 1.52 bits per heavy atom. The summed E-state index contributed by atoms with van der Waals surface area (Å²) in [6.07, 6.45) is 2.75. The van der Waals surface area contributed by atoms with Crippen LogP contribution in [-0.4, -0.2) is 41.9 Å². The van der Waals surface area contributed by atoms with Crippen molar-refractivity contribution in [2.75, 3.05) is 21.3 Å². The van der Waals surface area contributed by atoms with Gasteiger partial charge < -0.3 is 14.2 Å². The molecule has 0 aliphatic carbocycles. The molecule has 7 nitrogen and oxygen atoms in total. The van der Waals surface area contributed by atoms with Crippen LogP contribution in [0.25, 0.3) is 16.8 Å². The van der Waals surface area contributed by atoms with Crippen molar-refractivity contribution in [3.63, 3.8) is 0 Å². The maximum Gasteiger partial charge on any atom is 0.203 e. The van der Waals surface area contributed by atoms with Crippen LogP contribution in [0.3, 0.4) is 0 Å². The third-order valence-corrected chi connectivity index (χ3v) is 5.03. The Morgan fingerprint density at radius 1 is 0.848 bits per heavy atom. The van der Waals surface area contributed by atoms with Gasteiger partial charge in [0.2, 0.25) is 5.75 Å². The number of methoxy groups -OCH3 is 3. The molecule has 0 saturated carbocycles. The molecule has 0 N–H and O–H groups in total. The van der Waals surface area contributed by atoms with Crippen LogP contribution in [-0.2, 0) is 0 Å². The van der Waals surface area contributed by atoms with E-state index in [1.54, 1.807) is 30.3 Å². The van der Waals surface area contributed by atoms with E-state index in [0.29, 0.717) is 34.1 Å². The lowest BCUT2D eigenvalue weighted by Gasteiger charge is -2.15. The van der Waals surface area contributed by atoms with Crippen LogP contribution in [0.1, 0.15) is 15.9 Å². The third kappa shape index (κ3) is 4.25. The van der Waals surface area contributed by atoms with E-state index in [4.69, 9.17) is 14.2 Å². The summed E-state index contributed by atoms with van der Waals surface area (Å²) in [6, 6.07) is 11.1. The quantitative estimate of drug-likeness (QED) is 0.386. The summed E-state index contributed by atoms with van der Waals surface area (Å²) in [6.45, 7) is 0. The first-order valence-electron chi connectivity index (χ1n) is 9.75. The number of aromatic nitrogens is 3. The van der Waals surface area contributed by atoms with Crippen molar-refractivity contribution in [3.8, 4) is 34.1 Å². The molecule has 168 valence electrons. The number of hydrogen-bond donors (Lipinski definition) is 0. The van der Waals surface area contributed by atoms with Gasteiger partial charge in [-0.2, -0.15) is 5.10 Å². The zero-order valence-corrected chi connectivity index (χ0v) is 18.0. The summed E-state index contributed by atoms with van der Waals surface area (Å²) in [5, 5.41) is 4.12. The average molecular weight is 451 g/mol. The van der Waals surface area contributed by atoms with Crippen LogP contribution < -0.4 is 14.2 Å². The fourth-order valence-corrected chi connectivity index (χ4v) is 3.51. The maximum absolute atomic E-state index is 13.8. The molecule has 0 aliphatic heterocycles. The monoisotopic (exact) mass is 451 g/mol. The highest BCUT2D eigenvalue weighted by Gasteiger charge is 2.21. The van der Waals surface area contributed by atoms with Crippen molar-refractivity contribution in [1.29, 1.82) is 0 Å². The zero-order chi connectivity index (χ0) is 23.5. The number of ketones is 1. The number of hydrogen-bond acceptors (Lipinski definition) is 6. The molecule has 0 amide bonds. The molecule has 0 fully saturated rings. The van der Waals surface area contributed by atoms with E-state index in [9.17, 15) is 13.6 Å². The van der Waals surface area contributed by atoms with Crippen LogP contribution in [0.15, 0.2) is 61.2 Å². The van der Waals surface area contributed by atoms with E-state index in [1.165, 1.54) is 50.8 Å². The minimum Gasteiger partial charge on any atom is -0.493 e. The molecular weight excluding hydrogens is 432 g/mol. The first-order valence-corrected chi connectivity index (χ1v) is 9.75. The second-order valence-corrected chi connectivity index (χ2v) is 6.97. The highest BCUT2D eigenvalue weighted by molar-refractivity contribution is 6.12. The molecule has 0 saturated heterocycles. The van der Waals surface area contributed by atoms with Gasteiger partial charge >= 0.3 is 0 Å². The number of carbonyl (C=O) groups excluding carboxylic acids is 1. The number of halogens is 2. The van der Waals surface area contributed by atoms with Gasteiger partial charge in [-0.05, 0) is 47.5 Å². The minimum atomic E-state index is -0.704. The van der Waals surface area contributed by atoms with Gasteiger partial charge in [0.1, 0.15) is 24.3 Å². The van der Waals surface area contributed by atoms with Gasteiger partial charge in [-0.3, -0.25) is 4.79 Å². The molecule has 0 atom stereocenters. The summed E-state index contributed by atoms with van der Waals surface area (Å²) in [5.74, 6) is -0.744. The lowest BCUT2D eigenvalue weighted by Crippen LogP contribution is -2.09. The van der Waals surface area contributed by atoms with E-state index >= 15 is 0 Å². The molecule has 0 bridgehead atoms. The fourth-order valence-electron chi connectivity index (χ4n) is 3.51.